The molecule has 0 spiro atoms. The van der Waals surface area contributed by atoms with Crippen LogP contribution in [0.3, 0.4) is 0 Å². The SMILES string of the molecule is O=[N+]([O-])c1c(F)cccc1N(Cc1ccsc1)C1CC1. The Morgan fingerprint density at radius 3 is 2.80 bits per heavy atom. The Bertz CT molecular complexity index is 626. The van der Waals surface area contributed by atoms with Crippen LogP contribution in [0.4, 0.5) is 15.8 Å². The lowest BCUT2D eigenvalue weighted by Crippen LogP contribution is -2.25. The van der Waals surface area contributed by atoms with Crippen LogP contribution in [0.2, 0.25) is 0 Å². The summed E-state index contributed by atoms with van der Waals surface area (Å²) in [5, 5.41) is 15.1. The Hall–Kier alpha value is -1.95. The van der Waals surface area contributed by atoms with Crippen LogP contribution in [-0.4, -0.2) is 11.0 Å². The molecular weight excluding hydrogens is 279 g/mol. The van der Waals surface area contributed by atoms with Crippen LogP contribution >= 0.6 is 11.3 Å². The fourth-order valence-corrected chi connectivity index (χ4v) is 2.95. The molecule has 20 heavy (non-hydrogen) atoms. The molecule has 0 radical (unpaired) electrons. The number of anilines is 1. The molecule has 2 aromatic rings. The number of thiophene rings is 1. The van der Waals surface area contributed by atoms with Crippen molar-refractivity contribution < 1.29 is 9.31 Å². The average Bonchev–Trinajstić information content (AvgIpc) is 3.12. The second-order valence-corrected chi connectivity index (χ2v) is 5.64. The number of para-hydroxylation sites is 1. The number of rotatable bonds is 5. The van der Waals surface area contributed by atoms with Crippen molar-refractivity contribution in [1.29, 1.82) is 0 Å². The van der Waals surface area contributed by atoms with Gasteiger partial charge in [-0.3, -0.25) is 10.1 Å². The van der Waals surface area contributed by atoms with Crippen LogP contribution in [0.15, 0.2) is 35.0 Å². The van der Waals surface area contributed by atoms with Crippen LogP contribution in [0.25, 0.3) is 0 Å². The Labute approximate surface area is 119 Å². The molecule has 0 unspecified atom stereocenters. The quantitative estimate of drug-likeness (QED) is 0.619. The standard InChI is InChI=1S/C14H13FN2O2S/c15-12-2-1-3-13(14(12)17(18)19)16(11-4-5-11)8-10-6-7-20-9-10/h1-3,6-7,9,11H,4-5,8H2. The topological polar surface area (TPSA) is 46.4 Å². The lowest BCUT2D eigenvalue weighted by Gasteiger charge is -2.24. The number of hydrogen-bond donors (Lipinski definition) is 0. The lowest BCUT2D eigenvalue weighted by molar-refractivity contribution is -0.386. The smallest absolute Gasteiger partial charge is 0.327 e. The first-order chi connectivity index (χ1) is 9.66. The van der Waals surface area contributed by atoms with Crippen LogP contribution < -0.4 is 4.90 Å². The summed E-state index contributed by atoms with van der Waals surface area (Å²) < 4.78 is 13.8. The van der Waals surface area contributed by atoms with Gasteiger partial charge in [-0.2, -0.15) is 15.7 Å². The second kappa shape index (κ2) is 5.20. The highest BCUT2D eigenvalue weighted by atomic mass is 32.1. The molecular formula is C14H13FN2O2S. The largest absolute Gasteiger partial charge is 0.359 e. The first-order valence-corrected chi connectivity index (χ1v) is 7.31. The molecule has 1 aromatic heterocycles. The van der Waals surface area contributed by atoms with E-state index in [2.05, 4.69) is 0 Å². The van der Waals surface area contributed by atoms with E-state index in [9.17, 15) is 14.5 Å². The minimum atomic E-state index is -0.775. The van der Waals surface area contributed by atoms with Crippen molar-refractivity contribution in [3.05, 3.63) is 56.5 Å². The molecule has 3 rings (SSSR count). The fraction of sp³-hybridized carbons (Fsp3) is 0.286. The molecule has 1 aliphatic rings. The van der Waals surface area contributed by atoms with E-state index in [1.165, 1.54) is 6.07 Å². The van der Waals surface area contributed by atoms with Gasteiger partial charge in [0.2, 0.25) is 5.82 Å². The zero-order chi connectivity index (χ0) is 14.1. The van der Waals surface area contributed by atoms with Gasteiger partial charge in [0.15, 0.2) is 0 Å². The van der Waals surface area contributed by atoms with Crippen molar-refractivity contribution in [2.45, 2.75) is 25.4 Å². The molecule has 0 bridgehead atoms. The summed E-state index contributed by atoms with van der Waals surface area (Å²) >= 11 is 1.59. The summed E-state index contributed by atoms with van der Waals surface area (Å²) in [5.41, 5.74) is 1.05. The molecule has 1 aliphatic carbocycles. The van der Waals surface area contributed by atoms with E-state index >= 15 is 0 Å². The molecule has 104 valence electrons. The Morgan fingerprint density at radius 2 is 2.20 bits per heavy atom. The molecule has 1 aromatic carbocycles. The molecule has 0 saturated heterocycles. The molecule has 1 saturated carbocycles. The predicted molar refractivity (Wildman–Crippen MR) is 76.6 cm³/mol. The summed E-state index contributed by atoms with van der Waals surface area (Å²) in [6.45, 7) is 0.582. The van der Waals surface area contributed by atoms with E-state index in [1.54, 1.807) is 17.4 Å². The van der Waals surface area contributed by atoms with Gasteiger partial charge in [-0.15, -0.1) is 0 Å². The second-order valence-electron chi connectivity index (χ2n) is 4.86. The molecule has 0 atom stereocenters. The van der Waals surface area contributed by atoms with Gasteiger partial charge < -0.3 is 4.90 Å². The first-order valence-electron chi connectivity index (χ1n) is 6.37. The molecule has 0 amide bonds. The van der Waals surface area contributed by atoms with E-state index in [-0.39, 0.29) is 6.04 Å². The van der Waals surface area contributed by atoms with Crippen molar-refractivity contribution >= 4 is 22.7 Å². The zero-order valence-corrected chi connectivity index (χ0v) is 11.5. The van der Waals surface area contributed by atoms with Gasteiger partial charge in [-0.25, -0.2) is 0 Å². The summed E-state index contributed by atoms with van der Waals surface area (Å²) in [5.74, 6) is -0.775. The highest BCUT2D eigenvalue weighted by Crippen LogP contribution is 2.39. The minimum absolute atomic E-state index is 0.274. The summed E-state index contributed by atoms with van der Waals surface area (Å²) in [4.78, 5) is 12.4. The van der Waals surface area contributed by atoms with Gasteiger partial charge in [-0.05, 0) is 47.4 Å². The first kappa shape index (κ1) is 13.1. The van der Waals surface area contributed by atoms with Gasteiger partial charge in [0, 0.05) is 12.6 Å². The number of benzene rings is 1. The molecule has 4 nitrogen and oxygen atoms in total. The maximum Gasteiger partial charge on any atom is 0.327 e. The van der Waals surface area contributed by atoms with Gasteiger partial charge in [0.05, 0.1) is 4.92 Å². The number of hydrogen-bond acceptors (Lipinski definition) is 4. The Morgan fingerprint density at radius 1 is 1.40 bits per heavy atom. The van der Waals surface area contributed by atoms with Crippen molar-refractivity contribution in [2.75, 3.05) is 4.90 Å². The summed E-state index contributed by atoms with van der Waals surface area (Å²) in [7, 11) is 0. The van der Waals surface area contributed by atoms with Crippen molar-refractivity contribution in [2.24, 2.45) is 0 Å². The van der Waals surface area contributed by atoms with E-state index in [0.717, 1.165) is 24.5 Å². The average molecular weight is 292 g/mol. The van der Waals surface area contributed by atoms with Gasteiger partial charge in [0.1, 0.15) is 5.69 Å². The number of nitro benzene ring substituents is 1. The van der Waals surface area contributed by atoms with E-state index in [0.29, 0.717) is 12.2 Å². The third-order valence-corrected chi connectivity index (χ3v) is 4.11. The maximum atomic E-state index is 13.8. The molecule has 0 N–H and O–H groups in total. The van der Waals surface area contributed by atoms with Crippen LogP contribution in [0.1, 0.15) is 18.4 Å². The van der Waals surface area contributed by atoms with Gasteiger partial charge >= 0.3 is 5.69 Å². The van der Waals surface area contributed by atoms with Crippen molar-refractivity contribution in [1.82, 2.24) is 0 Å². The predicted octanol–water partition coefficient (Wildman–Crippen LogP) is 3.96. The number of nitrogens with zero attached hydrogens (tertiary/aromatic N) is 2. The Balaban J connectivity index is 1.99. The van der Waals surface area contributed by atoms with Crippen molar-refractivity contribution in [3.8, 4) is 0 Å². The highest BCUT2D eigenvalue weighted by molar-refractivity contribution is 7.07. The minimum Gasteiger partial charge on any atom is -0.359 e. The normalized spacial score (nSPS) is 14.2. The maximum absolute atomic E-state index is 13.8. The van der Waals surface area contributed by atoms with Gasteiger partial charge in [-0.1, -0.05) is 6.07 Å². The van der Waals surface area contributed by atoms with Crippen LogP contribution in [0, 0.1) is 15.9 Å². The lowest BCUT2D eigenvalue weighted by atomic mass is 10.2. The monoisotopic (exact) mass is 292 g/mol. The summed E-state index contributed by atoms with van der Waals surface area (Å²) in [6, 6.07) is 6.56. The van der Waals surface area contributed by atoms with E-state index in [1.807, 2.05) is 21.7 Å². The van der Waals surface area contributed by atoms with Crippen LogP contribution in [-0.2, 0) is 6.54 Å². The zero-order valence-electron chi connectivity index (χ0n) is 10.7. The number of halogens is 1. The summed E-state index contributed by atoms with van der Waals surface area (Å²) in [6.07, 6.45) is 2.00. The van der Waals surface area contributed by atoms with E-state index in [4.69, 9.17) is 0 Å². The molecule has 6 heteroatoms. The van der Waals surface area contributed by atoms with Crippen LogP contribution in [0.5, 0.6) is 0 Å². The Kier molecular flexibility index (Phi) is 3.40. The fourth-order valence-electron chi connectivity index (χ4n) is 2.29. The number of nitro groups is 1. The third kappa shape index (κ3) is 2.51. The molecule has 1 fully saturated rings. The van der Waals surface area contributed by atoms with Gasteiger partial charge in [0.25, 0.3) is 0 Å². The molecule has 1 heterocycles. The highest BCUT2D eigenvalue weighted by Gasteiger charge is 2.34. The molecule has 0 aliphatic heterocycles. The van der Waals surface area contributed by atoms with Crippen molar-refractivity contribution in [3.63, 3.8) is 0 Å². The van der Waals surface area contributed by atoms with E-state index < -0.39 is 16.4 Å². The third-order valence-electron chi connectivity index (χ3n) is 3.38.